The van der Waals surface area contributed by atoms with E-state index < -0.39 is 38.6 Å². The summed E-state index contributed by atoms with van der Waals surface area (Å²) in [5.41, 5.74) is 0. The molecule has 11 heteroatoms. The second-order valence-corrected chi connectivity index (χ2v) is 10.7. The van der Waals surface area contributed by atoms with E-state index in [9.17, 15) is 27.5 Å². The van der Waals surface area contributed by atoms with E-state index in [0.717, 1.165) is 11.8 Å². The first kappa shape index (κ1) is 25.6. The Morgan fingerprint density at radius 1 is 1.09 bits per heavy atom. The summed E-state index contributed by atoms with van der Waals surface area (Å²) >= 11 is 1.14. The predicted octanol–water partition coefficient (Wildman–Crippen LogP) is 3.42. The molecule has 32 heavy (non-hydrogen) atoms. The van der Waals surface area contributed by atoms with Crippen LogP contribution in [0.3, 0.4) is 0 Å². The summed E-state index contributed by atoms with van der Waals surface area (Å²) in [7, 11) is -2.92. The van der Waals surface area contributed by atoms with Gasteiger partial charge in [0.2, 0.25) is 10.0 Å². The number of rotatable bonds is 11. The lowest BCUT2D eigenvalue weighted by Crippen LogP contribution is -2.52. The molecule has 0 saturated carbocycles. The zero-order valence-corrected chi connectivity index (χ0v) is 19.3. The van der Waals surface area contributed by atoms with Crippen LogP contribution >= 0.6 is 11.8 Å². The van der Waals surface area contributed by atoms with Crippen LogP contribution in [-0.4, -0.2) is 49.1 Å². The first-order chi connectivity index (χ1) is 14.9. The minimum Gasteiger partial charge on any atom is -0.480 e. The molecule has 0 heterocycles. The Morgan fingerprint density at radius 3 is 2.12 bits per heavy atom. The van der Waals surface area contributed by atoms with Crippen LogP contribution in [0.1, 0.15) is 20.3 Å². The van der Waals surface area contributed by atoms with Gasteiger partial charge in [-0.25, -0.2) is 12.8 Å². The molecular formula is C21H24FNO7S2. The second kappa shape index (κ2) is 10.8. The van der Waals surface area contributed by atoms with Crippen molar-refractivity contribution in [2.45, 2.75) is 36.0 Å². The maximum Gasteiger partial charge on any atom is 0.323 e. The summed E-state index contributed by atoms with van der Waals surface area (Å²) in [6.45, 7) is 3.16. The van der Waals surface area contributed by atoms with Gasteiger partial charge in [0.1, 0.15) is 23.4 Å². The van der Waals surface area contributed by atoms with Gasteiger partial charge in [-0.15, -0.1) is 0 Å². The van der Waals surface area contributed by atoms with Crippen LogP contribution in [0.5, 0.6) is 11.5 Å². The summed E-state index contributed by atoms with van der Waals surface area (Å²) in [6.07, 6.45) is 0.0687. The van der Waals surface area contributed by atoms with E-state index in [1.807, 2.05) is 0 Å². The normalized spacial score (nSPS) is 12.8. The second-order valence-electron chi connectivity index (χ2n) is 7.20. The molecule has 2 rings (SSSR count). The van der Waals surface area contributed by atoms with E-state index in [0.29, 0.717) is 11.5 Å². The monoisotopic (exact) mass is 485 g/mol. The Labute approximate surface area is 190 Å². The molecule has 0 aliphatic heterocycles. The average molecular weight is 486 g/mol. The van der Waals surface area contributed by atoms with E-state index >= 15 is 0 Å². The summed E-state index contributed by atoms with van der Waals surface area (Å²) in [6, 6.07) is 9.23. The Kier molecular flexibility index (Phi) is 8.65. The zero-order valence-electron chi connectivity index (χ0n) is 17.7. The predicted molar refractivity (Wildman–Crippen MR) is 118 cm³/mol. The van der Waals surface area contributed by atoms with Gasteiger partial charge in [-0.3, -0.25) is 9.59 Å². The van der Waals surface area contributed by atoms with E-state index in [4.69, 9.17) is 4.74 Å². The van der Waals surface area contributed by atoms with Crippen LogP contribution in [0, 0.1) is 5.82 Å². The number of carbonyl (C=O) groups excluding carboxylic acids is 1. The molecule has 2 N–H and O–H groups in total. The number of sulfonamides is 1. The minimum absolute atomic E-state index is 0.0687. The number of esters is 1. The molecule has 0 spiro atoms. The number of benzene rings is 2. The topological polar surface area (TPSA) is 119 Å². The highest BCUT2D eigenvalue weighted by Crippen LogP contribution is 2.30. The molecule has 0 radical (unpaired) electrons. The maximum atomic E-state index is 13.0. The van der Waals surface area contributed by atoms with Crippen molar-refractivity contribution in [2.75, 3.05) is 12.9 Å². The number of aliphatic carboxylic acids is 1. The molecule has 0 fully saturated rings. The molecular weight excluding hydrogens is 461 g/mol. The zero-order chi connectivity index (χ0) is 23.9. The minimum atomic E-state index is -4.17. The lowest BCUT2D eigenvalue weighted by atomic mass is 10.1. The van der Waals surface area contributed by atoms with Crippen molar-refractivity contribution in [2.24, 2.45) is 0 Å². The number of hydrogen-bond donors (Lipinski definition) is 2. The Hall–Kier alpha value is -2.63. The molecule has 1 atom stereocenters. The van der Waals surface area contributed by atoms with Crippen molar-refractivity contribution < 1.29 is 37.0 Å². The Bertz CT molecular complexity index is 1040. The van der Waals surface area contributed by atoms with Gasteiger partial charge in [0.25, 0.3) is 0 Å². The van der Waals surface area contributed by atoms with Gasteiger partial charge in [-0.2, -0.15) is 16.5 Å². The number of ether oxygens (including phenoxy) is 2. The number of methoxy groups -OCH3 is 1. The van der Waals surface area contributed by atoms with E-state index in [1.165, 1.54) is 55.6 Å². The number of carboxylic acids is 1. The van der Waals surface area contributed by atoms with Crippen LogP contribution in [0.15, 0.2) is 53.4 Å². The van der Waals surface area contributed by atoms with E-state index in [2.05, 4.69) is 9.46 Å². The van der Waals surface area contributed by atoms with Crippen LogP contribution in [0.2, 0.25) is 0 Å². The SMILES string of the molecule is COC(=O)CCSC(C)(C)C(NS(=O)(=O)c1ccc(Oc2ccc(F)cc2)cc1)C(=O)O. The van der Waals surface area contributed by atoms with Gasteiger partial charge >= 0.3 is 11.9 Å². The third kappa shape index (κ3) is 7.21. The maximum absolute atomic E-state index is 13.0. The molecule has 0 amide bonds. The summed E-state index contributed by atoms with van der Waals surface area (Å²) in [5, 5.41) is 9.62. The standard InChI is InChI=1S/C21H24FNO7S2/c1-21(2,31-13-12-18(24)29-3)19(20(25)26)23-32(27,28)17-10-8-16(9-11-17)30-15-6-4-14(22)5-7-15/h4-11,19,23H,12-13H2,1-3H3,(H,25,26). The molecule has 0 aliphatic rings. The summed E-state index contributed by atoms with van der Waals surface area (Å²) in [5.74, 6) is -1.24. The van der Waals surface area contributed by atoms with Crippen LogP contribution < -0.4 is 9.46 Å². The third-order valence-corrected chi connectivity index (χ3v) is 7.23. The van der Waals surface area contributed by atoms with Gasteiger partial charge in [-0.05, 0) is 62.4 Å². The molecule has 1 unspecified atom stereocenters. The van der Waals surface area contributed by atoms with Gasteiger partial charge in [0.15, 0.2) is 0 Å². The first-order valence-electron chi connectivity index (χ1n) is 9.44. The molecule has 2 aromatic rings. The summed E-state index contributed by atoms with van der Waals surface area (Å²) < 4.78 is 49.8. The Balaban J connectivity index is 2.11. The van der Waals surface area contributed by atoms with Crippen LogP contribution in [0.25, 0.3) is 0 Å². The van der Waals surface area contributed by atoms with Crippen molar-refractivity contribution >= 4 is 33.7 Å². The van der Waals surface area contributed by atoms with Crippen LogP contribution in [0.4, 0.5) is 4.39 Å². The number of halogens is 1. The molecule has 2 aromatic carbocycles. The largest absolute Gasteiger partial charge is 0.480 e. The fourth-order valence-electron chi connectivity index (χ4n) is 2.62. The van der Waals surface area contributed by atoms with E-state index in [-0.39, 0.29) is 17.1 Å². The van der Waals surface area contributed by atoms with Gasteiger partial charge in [0, 0.05) is 10.5 Å². The molecule has 0 aliphatic carbocycles. The van der Waals surface area contributed by atoms with Crippen molar-refractivity contribution in [1.82, 2.24) is 4.72 Å². The molecule has 8 nitrogen and oxygen atoms in total. The summed E-state index contributed by atoms with van der Waals surface area (Å²) in [4.78, 5) is 22.9. The average Bonchev–Trinajstić information content (AvgIpc) is 2.73. The smallest absolute Gasteiger partial charge is 0.323 e. The molecule has 0 bridgehead atoms. The van der Waals surface area contributed by atoms with Crippen molar-refractivity contribution in [3.8, 4) is 11.5 Å². The van der Waals surface area contributed by atoms with Crippen molar-refractivity contribution in [3.63, 3.8) is 0 Å². The molecule has 174 valence electrons. The highest BCUT2D eigenvalue weighted by molar-refractivity contribution is 8.00. The van der Waals surface area contributed by atoms with Gasteiger partial charge in [0.05, 0.1) is 18.4 Å². The quantitative estimate of drug-likeness (QED) is 0.465. The fourth-order valence-corrected chi connectivity index (χ4v) is 5.15. The molecule has 0 saturated heterocycles. The van der Waals surface area contributed by atoms with Crippen LogP contribution in [-0.2, 0) is 24.3 Å². The van der Waals surface area contributed by atoms with Crippen molar-refractivity contribution in [3.05, 3.63) is 54.3 Å². The van der Waals surface area contributed by atoms with E-state index in [1.54, 1.807) is 13.8 Å². The Morgan fingerprint density at radius 2 is 1.62 bits per heavy atom. The number of carboxylic acid groups (broad SMARTS) is 1. The number of hydrogen-bond acceptors (Lipinski definition) is 7. The highest BCUT2D eigenvalue weighted by atomic mass is 32.2. The van der Waals surface area contributed by atoms with Gasteiger partial charge < -0.3 is 14.6 Å². The highest BCUT2D eigenvalue weighted by Gasteiger charge is 2.39. The number of thioether (sulfide) groups is 1. The third-order valence-electron chi connectivity index (χ3n) is 4.41. The lowest BCUT2D eigenvalue weighted by molar-refractivity contribution is -0.140. The lowest BCUT2D eigenvalue weighted by Gasteiger charge is -2.31. The first-order valence-corrected chi connectivity index (χ1v) is 11.9. The molecule has 0 aromatic heterocycles. The van der Waals surface area contributed by atoms with Gasteiger partial charge in [-0.1, -0.05) is 0 Å². The number of nitrogens with one attached hydrogen (secondary N) is 1. The van der Waals surface area contributed by atoms with Crippen molar-refractivity contribution in [1.29, 1.82) is 0 Å². The fraction of sp³-hybridized carbons (Fsp3) is 0.333. The number of carbonyl (C=O) groups is 2.